The fourth-order valence-corrected chi connectivity index (χ4v) is 3.08. The van der Waals surface area contributed by atoms with Gasteiger partial charge in [0, 0.05) is 41.9 Å². The van der Waals surface area contributed by atoms with E-state index in [1.807, 2.05) is 68.1 Å². The lowest BCUT2D eigenvalue weighted by atomic mass is 10.1. The van der Waals surface area contributed by atoms with E-state index in [1.165, 1.54) is 0 Å². The predicted molar refractivity (Wildman–Crippen MR) is 105 cm³/mol. The SMILES string of the molecule is Cc1cccc(NC(=O)C(=O)NC[C@H](O)c2cn(C)c3ccccc23)c1C. The number of amides is 2. The van der Waals surface area contributed by atoms with Crippen LogP contribution < -0.4 is 10.6 Å². The second kappa shape index (κ2) is 7.63. The Kier molecular flexibility index (Phi) is 5.28. The number of aliphatic hydroxyl groups is 1. The first-order valence-electron chi connectivity index (χ1n) is 8.76. The Morgan fingerprint density at radius 2 is 1.81 bits per heavy atom. The number of carbonyl (C=O) groups excluding carboxylic acids is 2. The first-order chi connectivity index (χ1) is 12.9. The first-order valence-corrected chi connectivity index (χ1v) is 8.76. The lowest BCUT2D eigenvalue weighted by Gasteiger charge is -2.13. The van der Waals surface area contributed by atoms with Crippen molar-refractivity contribution in [1.29, 1.82) is 0 Å². The van der Waals surface area contributed by atoms with E-state index >= 15 is 0 Å². The van der Waals surface area contributed by atoms with Gasteiger partial charge in [0.2, 0.25) is 0 Å². The quantitative estimate of drug-likeness (QED) is 0.622. The molecule has 1 heterocycles. The van der Waals surface area contributed by atoms with Gasteiger partial charge in [0.05, 0.1) is 6.10 Å². The van der Waals surface area contributed by atoms with E-state index in [9.17, 15) is 14.7 Å². The Labute approximate surface area is 157 Å². The van der Waals surface area contributed by atoms with Crippen molar-refractivity contribution in [2.75, 3.05) is 11.9 Å². The zero-order chi connectivity index (χ0) is 19.6. The largest absolute Gasteiger partial charge is 0.386 e. The minimum atomic E-state index is -0.909. The summed E-state index contributed by atoms with van der Waals surface area (Å²) in [5.41, 5.74) is 4.24. The van der Waals surface area contributed by atoms with Crippen molar-refractivity contribution in [2.45, 2.75) is 20.0 Å². The second-order valence-electron chi connectivity index (χ2n) is 6.64. The number of aliphatic hydroxyl groups excluding tert-OH is 1. The Morgan fingerprint density at radius 3 is 2.59 bits per heavy atom. The maximum Gasteiger partial charge on any atom is 0.313 e. The third-order valence-corrected chi connectivity index (χ3v) is 4.80. The molecule has 2 amide bonds. The molecular formula is C21H23N3O3. The van der Waals surface area contributed by atoms with Gasteiger partial charge in [-0.1, -0.05) is 30.3 Å². The molecule has 1 atom stereocenters. The highest BCUT2D eigenvalue weighted by Crippen LogP contribution is 2.25. The third kappa shape index (κ3) is 3.85. The number of fused-ring (bicyclic) bond motifs is 1. The van der Waals surface area contributed by atoms with E-state index < -0.39 is 17.9 Å². The van der Waals surface area contributed by atoms with Gasteiger partial charge in [0.15, 0.2) is 0 Å². The number of carbonyl (C=O) groups is 2. The zero-order valence-corrected chi connectivity index (χ0v) is 15.6. The van der Waals surface area contributed by atoms with Crippen LogP contribution >= 0.6 is 0 Å². The molecule has 6 nitrogen and oxygen atoms in total. The number of aromatic nitrogens is 1. The van der Waals surface area contributed by atoms with Gasteiger partial charge < -0.3 is 20.3 Å². The van der Waals surface area contributed by atoms with Gasteiger partial charge in [-0.25, -0.2) is 0 Å². The lowest BCUT2D eigenvalue weighted by Crippen LogP contribution is -2.37. The standard InChI is InChI=1S/C21H23N3O3/c1-13-7-6-9-17(14(13)2)23-21(27)20(26)22-11-19(25)16-12-24(3)18-10-5-4-8-15(16)18/h4-10,12,19,25H,11H2,1-3H3,(H,22,26)(H,23,27)/t19-/m0/s1. The highest BCUT2D eigenvalue weighted by atomic mass is 16.3. The van der Waals surface area contributed by atoms with Gasteiger partial charge in [-0.15, -0.1) is 0 Å². The van der Waals surface area contributed by atoms with Crippen molar-refractivity contribution in [3.63, 3.8) is 0 Å². The van der Waals surface area contributed by atoms with Crippen molar-refractivity contribution < 1.29 is 14.7 Å². The molecule has 3 rings (SSSR count). The summed E-state index contributed by atoms with van der Waals surface area (Å²) in [6, 6.07) is 13.2. The number of hydrogen-bond acceptors (Lipinski definition) is 3. The van der Waals surface area contributed by atoms with Crippen LogP contribution in [0.15, 0.2) is 48.7 Å². The maximum atomic E-state index is 12.1. The van der Waals surface area contributed by atoms with Crippen LogP contribution in [0.25, 0.3) is 10.9 Å². The molecule has 0 spiro atoms. The van der Waals surface area contributed by atoms with E-state index in [2.05, 4.69) is 10.6 Å². The van der Waals surface area contributed by atoms with Crippen LogP contribution in [0.5, 0.6) is 0 Å². The highest BCUT2D eigenvalue weighted by molar-refractivity contribution is 6.39. The van der Waals surface area contributed by atoms with E-state index in [-0.39, 0.29) is 6.54 Å². The topological polar surface area (TPSA) is 83.4 Å². The molecule has 6 heteroatoms. The first kappa shape index (κ1) is 18.7. The second-order valence-corrected chi connectivity index (χ2v) is 6.64. The van der Waals surface area contributed by atoms with Crippen LogP contribution in [0.2, 0.25) is 0 Å². The Bertz CT molecular complexity index is 1010. The Morgan fingerprint density at radius 1 is 1.07 bits per heavy atom. The summed E-state index contributed by atoms with van der Waals surface area (Å²) in [6.45, 7) is 3.77. The van der Waals surface area contributed by atoms with Crippen LogP contribution in [0.4, 0.5) is 5.69 Å². The van der Waals surface area contributed by atoms with Crippen molar-refractivity contribution in [3.05, 3.63) is 65.4 Å². The molecule has 3 aromatic rings. The molecule has 0 fully saturated rings. The van der Waals surface area contributed by atoms with Crippen molar-refractivity contribution >= 4 is 28.4 Å². The van der Waals surface area contributed by atoms with E-state index in [0.717, 1.165) is 22.0 Å². The summed E-state index contributed by atoms with van der Waals surface area (Å²) in [5, 5.41) is 16.5. The van der Waals surface area contributed by atoms with Crippen LogP contribution in [-0.2, 0) is 16.6 Å². The molecule has 0 saturated heterocycles. The average Bonchev–Trinajstić information content (AvgIpc) is 3.00. The van der Waals surface area contributed by atoms with E-state index in [4.69, 9.17) is 0 Å². The number of aryl methyl sites for hydroxylation is 2. The van der Waals surface area contributed by atoms with Crippen LogP contribution in [0.3, 0.4) is 0 Å². The fraction of sp³-hybridized carbons (Fsp3) is 0.238. The molecule has 140 valence electrons. The van der Waals surface area contributed by atoms with Crippen LogP contribution in [0, 0.1) is 13.8 Å². The van der Waals surface area contributed by atoms with Gasteiger partial charge in [-0.2, -0.15) is 0 Å². The summed E-state index contributed by atoms with van der Waals surface area (Å²) in [5.74, 6) is -1.54. The number of anilines is 1. The van der Waals surface area contributed by atoms with Gasteiger partial charge >= 0.3 is 11.8 Å². The van der Waals surface area contributed by atoms with Gasteiger partial charge in [0.25, 0.3) is 0 Å². The predicted octanol–water partition coefficient (Wildman–Crippen LogP) is 2.58. The molecule has 1 aromatic heterocycles. The molecule has 2 aromatic carbocycles. The van der Waals surface area contributed by atoms with E-state index in [0.29, 0.717) is 11.3 Å². The molecule has 0 bridgehead atoms. The molecule has 0 radical (unpaired) electrons. The van der Waals surface area contributed by atoms with Crippen molar-refractivity contribution in [3.8, 4) is 0 Å². The summed E-state index contributed by atoms with van der Waals surface area (Å²) < 4.78 is 1.92. The highest BCUT2D eigenvalue weighted by Gasteiger charge is 2.19. The van der Waals surface area contributed by atoms with Gasteiger partial charge in [-0.3, -0.25) is 9.59 Å². The number of rotatable bonds is 4. The third-order valence-electron chi connectivity index (χ3n) is 4.80. The molecule has 0 aliphatic heterocycles. The lowest BCUT2D eigenvalue weighted by molar-refractivity contribution is -0.136. The Hall–Kier alpha value is -3.12. The average molecular weight is 365 g/mol. The van der Waals surface area contributed by atoms with Crippen LogP contribution in [0.1, 0.15) is 22.8 Å². The molecule has 27 heavy (non-hydrogen) atoms. The molecule has 3 N–H and O–H groups in total. The van der Waals surface area contributed by atoms with Crippen LogP contribution in [-0.4, -0.2) is 28.0 Å². The summed E-state index contributed by atoms with van der Waals surface area (Å²) in [4.78, 5) is 24.2. The smallest absolute Gasteiger partial charge is 0.313 e. The number of nitrogens with one attached hydrogen (secondary N) is 2. The number of nitrogens with zero attached hydrogens (tertiary/aromatic N) is 1. The number of hydrogen-bond donors (Lipinski definition) is 3. The molecule has 0 aliphatic rings. The molecule has 0 saturated carbocycles. The van der Waals surface area contributed by atoms with Gasteiger partial charge in [-0.05, 0) is 37.1 Å². The maximum absolute atomic E-state index is 12.1. The monoisotopic (exact) mass is 365 g/mol. The zero-order valence-electron chi connectivity index (χ0n) is 15.6. The van der Waals surface area contributed by atoms with Gasteiger partial charge in [0.1, 0.15) is 0 Å². The number of para-hydroxylation sites is 1. The molecule has 0 aliphatic carbocycles. The number of benzene rings is 2. The normalized spacial score (nSPS) is 12.0. The van der Waals surface area contributed by atoms with E-state index in [1.54, 1.807) is 6.07 Å². The van der Waals surface area contributed by atoms with Crippen molar-refractivity contribution in [2.24, 2.45) is 7.05 Å². The molecular weight excluding hydrogens is 342 g/mol. The summed E-state index contributed by atoms with van der Waals surface area (Å²) in [7, 11) is 1.90. The minimum Gasteiger partial charge on any atom is -0.386 e. The summed E-state index contributed by atoms with van der Waals surface area (Å²) >= 11 is 0. The molecule has 0 unspecified atom stereocenters. The fourth-order valence-electron chi connectivity index (χ4n) is 3.08. The van der Waals surface area contributed by atoms with Crippen molar-refractivity contribution in [1.82, 2.24) is 9.88 Å². The summed E-state index contributed by atoms with van der Waals surface area (Å²) in [6.07, 6.45) is 0.922. The Balaban J connectivity index is 1.64. The minimum absolute atomic E-state index is 0.0486.